The molecule has 0 atom stereocenters. The number of benzene rings is 13. The van der Waals surface area contributed by atoms with Crippen molar-refractivity contribution in [3.05, 3.63) is 254 Å². The summed E-state index contributed by atoms with van der Waals surface area (Å²) in [6.45, 7) is 0. The molecule has 0 fully saturated rings. The molecule has 0 aliphatic carbocycles. The Labute approximate surface area is 445 Å². The second-order valence-corrected chi connectivity index (χ2v) is 20.5. The van der Waals surface area contributed by atoms with Crippen LogP contribution in [0.5, 0.6) is 0 Å². The van der Waals surface area contributed by atoms with Gasteiger partial charge in [-0.2, -0.15) is 10.5 Å². The van der Waals surface area contributed by atoms with E-state index in [4.69, 9.17) is 0 Å². The molecule has 17 aromatic rings. The van der Waals surface area contributed by atoms with Crippen LogP contribution in [0.15, 0.2) is 243 Å². The second-order valence-electron chi connectivity index (χ2n) is 20.5. The Bertz CT molecular complexity index is 5260. The molecule has 0 aliphatic rings. The van der Waals surface area contributed by atoms with Crippen molar-refractivity contribution in [2.75, 3.05) is 0 Å². The quantitative estimate of drug-likeness (QED) is 0.176. The molecule has 0 amide bonds. The van der Waals surface area contributed by atoms with Crippen molar-refractivity contribution in [1.29, 1.82) is 10.5 Å². The molecule has 0 spiro atoms. The summed E-state index contributed by atoms with van der Waals surface area (Å²) in [6, 6.07) is 92.2. The first-order valence-corrected chi connectivity index (χ1v) is 26.4. The van der Waals surface area contributed by atoms with Crippen LogP contribution in [0.2, 0.25) is 0 Å². The highest BCUT2D eigenvalue weighted by molar-refractivity contribution is 6.26. The lowest BCUT2D eigenvalue weighted by molar-refractivity contribution is 1.01. The van der Waals surface area contributed by atoms with E-state index in [0.29, 0.717) is 11.4 Å². The predicted octanol–water partition coefficient (Wildman–Crippen LogP) is 18.4. The van der Waals surface area contributed by atoms with E-state index in [2.05, 4.69) is 273 Å². The van der Waals surface area contributed by atoms with Crippen molar-refractivity contribution in [2.24, 2.45) is 0 Å². The molecule has 4 heterocycles. The standard InChI is InChI=1S/C72H40N6/c73-41-55-56(42-74)70(76-58-30-14-10-26-52(58)66-48-22-6-2-18-44(48)34-38-62(66)76)72(78-60-32-16-12-28-54(60)68-50-24-8-4-20-46(50)36-40-64(68)78)71(77-59-31-15-11-27-53(59)67-49-23-7-3-19-45(49)35-39-63(67)77)69(55)75-57-29-13-9-25-51(57)65-47-21-5-1-17-43(47)33-37-61(65)75/h1-40H. The zero-order chi connectivity index (χ0) is 51.3. The summed E-state index contributed by atoms with van der Waals surface area (Å²) in [7, 11) is 0. The van der Waals surface area contributed by atoms with Crippen molar-refractivity contribution in [3.8, 4) is 34.9 Å². The van der Waals surface area contributed by atoms with Crippen molar-refractivity contribution < 1.29 is 0 Å². The topological polar surface area (TPSA) is 67.3 Å². The lowest BCUT2D eigenvalue weighted by Crippen LogP contribution is -2.17. The summed E-state index contributed by atoms with van der Waals surface area (Å²) in [6.07, 6.45) is 0. The number of fused-ring (bicyclic) bond motifs is 20. The van der Waals surface area contributed by atoms with Gasteiger partial charge in [-0.1, -0.05) is 194 Å². The van der Waals surface area contributed by atoms with Gasteiger partial charge in [-0.05, 0) is 91.6 Å². The van der Waals surface area contributed by atoms with Gasteiger partial charge >= 0.3 is 0 Å². The van der Waals surface area contributed by atoms with E-state index in [-0.39, 0.29) is 11.1 Å². The molecular weight excluding hydrogens is 949 g/mol. The molecule has 4 aromatic heterocycles. The van der Waals surface area contributed by atoms with Crippen LogP contribution in [0.1, 0.15) is 11.1 Å². The van der Waals surface area contributed by atoms with E-state index >= 15 is 0 Å². The van der Waals surface area contributed by atoms with Crippen molar-refractivity contribution in [2.45, 2.75) is 0 Å². The SMILES string of the molecule is N#Cc1c(C#N)c(-n2c3ccccc3c3c4ccccc4ccc32)c(-n2c3ccccc3c3c4ccccc4ccc32)c(-n2c3ccccc3c3c4ccccc4ccc32)c1-n1c2ccccc2c2c3ccccc3ccc21. The van der Waals surface area contributed by atoms with Crippen molar-refractivity contribution >= 4 is 130 Å². The van der Waals surface area contributed by atoms with Gasteiger partial charge in [0, 0.05) is 43.1 Å². The van der Waals surface area contributed by atoms with Gasteiger partial charge in [-0.15, -0.1) is 0 Å². The third-order valence-corrected chi connectivity index (χ3v) is 16.8. The summed E-state index contributed by atoms with van der Waals surface area (Å²) in [5.74, 6) is 0. The molecule has 78 heavy (non-hydrogen) atoms. The fraction of sp³-hybridized carbons (Fsp3) is 0. The minimum atomic E-state index is 0.270. The van der Waals surface area contributed by atoms with Crippen molar-refractivity contribution in [3.63, 3.8) is 0 Å². The molecule has 6 heteroatoms. The van der Waals surface area contributed by atoms with E-state index in [1.165, 1.54) is 0 Å². The third kappa shape index (κ3) is 5.47. The van der Waals surface area contributed by atoms with Crippen LogP contribution in [0.3, 0.4) is 0 Å². The lowest BCUT2D eigenvalue weighted by Gasteiger charge is -2.28. The number of rotatable bonds is 4. The number of hydrogen-bond donors (Lipinski definition) is 0. The minimum Gasteiger partial charge on any atom is -0.306 e. The highest BCUT2D eigenvalue weighted by Gasteiger charge is 2.35. The normalized spacial score (nSPS) is 12.1. The highest BCUT2D eigenvalue weighted by atomic mass is 15.1. The monoisotopic (exact) mass is 988 g/mol. The fourth-order valence-electron chi connectivity index (χ4n) is 13.7. The van der Waals surface area contributed by atoms with Crippen LogP contribution in [-0.4, -0.2) is 18.3 Å². The highest BCUT2D eigenvalue weighted by Crippen LogP contribution is 2.51. The summed E-state index contributed by atoms with van der Waals surface area (Å²) in [5.41, 5.74) is 10.9. The smallest absolute Gasteiger partial charge is 0.103 e. The molecule has 6 nitrogen and oxygen atoms in total. The Kier molecular flexibility index (Phi) is 8.60. The first kappa shape index (κ1) is 42.4. The van der Waals surface area contributed by atoms with Gasteiger partial charge in [0.15, 0.2) is 0 Å². The maximum Gasteiger partial charge on any atom is 0.103 e. The Hall–Kier alpha value is -10.9. The van der Waals surface area contributed by atoms with Gasteiger partial charge in [-0.25, -0.2) is 0 Å². The molecule has 0 aliphatic heterocycles. The van der Waals surface area contributed by atoms with Crippen LogP contribution < -0.4 is 0 Å². The first-order chi connectivity index (χ1) is 38.7. The molecule has 0 saturated carbocycles. The molecular formula is C72H40N6. The molecule has 0 N–H and O–H groups in total. The van der Waals surface area contributed by atoms with Gasteiger partial charge in [0.25, 0.3) is 0 Å². The van der Waals surface area contributed by atoms with Crippen LogP contribution >= 0.6 is 0 Å². The molecule has 358 valence electrons. The van der Waals surface area contributed by atoms with Gasteiger partial charge < -0.3 is 18.3 Å². The maximum absolute atomic E-state index is 12.5. The van der Waals surface area contributed by atoms with E-state index in [1.807, 2.05) is 0 Å². The van der Waals surface area contributed by atoms with Crippen LogP contribution in [0.4, 0.5) is 0 Å². The first-order valence-electron chi connectivity index (χ1n) is 26.4. The number of nitrogens with zero attached hydrogens (tertiary/aromatic N) is 6. The van der Waals surface area contributed by atoms with E-state index in [1.54, 1.807) is 0 Å². The zero-order valence-corrected chi connectivity index (χ0v) is 41.8. The van der Waals surface area contributed by atoms with Gasteiger partial charge in [-0.3, -0.25) is 0 Å². The molecule has 17 rings (SSSR count). The van der Waals surface area contributed by atoms with E-state index in [0.717, 1.165) is 142 Å². The van der Waals surface area contributed by atoms with E-state index < -0.39 is 0 Å². The summed E-state index contributed by atoms with van der Waals surface area (Å²) in [4.78, 5) is 0. The molecule has 0 saturated heterocycles. The lowest BCUT2D eigenvalue weighted by atomic mass is 9.98. The van der Waals surface area contributed by atoms with Gasteiger partial charge in [0.1, 0.15) is 12.1 Å². The van der Waals surface area contributed by atoms with Crippen LogP contribution in [-0.2, 0) is 0 Å². The third-order valence-electron chi connectivity index (χ3n) is 16.8. The predicted molar refractivity (Wildman–Crippen MR) is 323 cm³/mol. The average Bonchev–Trinajstić information content (AvgIpc) is 4.41. The largest absolute Gasteiger partial charge is 0.306 e. The number of aromatic nitrogens is 4. The zero-order valence-electron chi connectivity index (χ0n) is 41.8. The molecule has 0 unspecified atom stereocenters. The number of nitriles is 2. The van der Waals surface area contributed by atoms with Crippen molar-refractivity contribution in [1.82, 2.24) is 18.3 Å². The summed E-state index contributed by atoms with van der Waals surface area (Å²) < 4.78 is 9.42. The Balaban J connectivity index is 1.22. The second kappa shape index (κ2) is 15.8. The van der Waals surface area contributed by atoms with Crippen LogP contribution in [0, 0.1) is 22.7 Å². The number of hydrogen-bond acceptors (Lipinski definition) is 2. The van der Waals surface area contributed by atoms with Gasteiger partial charge in [0.2, 0.25) is 0 Å². The summed E-state index contributed by atoms with van der Waals surface area (Å²) >= 11 is 0. The minimum absolute atomic E-state index is 0.270. The number of para-hydroxylation sites is 4. The molecule has 13 aromatic carbocycles. The van der Waals surface area contributed by atoms with Gasteiger partial charge in [0.05, 0.1) is 78.0 Å². The maximum atomic E-state index is 12.5. The Morgan fingerprint density at radius 2 is 0.423 bits per heavy atom. The Morgan fingerprint density at radius 3 is 0.679 bits per heavy atom. The Morgan fingerprint density at radius 1 is 0.205 bits per heavy atom. The average molecular weight is 989 g/mol. The molecule has 0 radical (unpaired) electrons. The fourth-order valence-corrected chi connectivity index (χ4v) is 13.7. The van der Waals surface area contributed by atoms with E-state index in [9.17, 15) is 10.5 Å². The van der Waals surface area contributed by atoms with Crippen LogP contribution in [0.25, 0.3) is 153 Å². The molecule has 0 bridgehead atoms. The summed E-state index contributed by atoms with van der Waals surface area (Å²) in [5, 5.41) is 42.5.